The molecule has 0 saturated heterocycles. The third-order valence-electron chi connectivity index (χ3n) is 2.47. The Kier molecular flexibility index (Phi) is 5.17. The molecule has 0 radical (unpaired) electrons. The highest BCUT2D eigenvalue weighted by molar-refractivity contribution is 5.84. The van der Waals surface area contributed by atoms with E-state index in [4.69, 9.17) is 9.84 Å². The van der Waals surface area contributed by atoms with Crippen LogP contribution in [0.5, 0.6) is 11.5 Å². The van der Waals surface area contributed by atoms with Crippen molar-refractivity contribution in [2.45, 2.75) is 19.9 Å². The molecule has 0 heterocycles. The van der Waals surface area contributed by atoms with Gasteiger partial charge in [-0.2, -0.15) is 0 Å². The summed E-state index contributed by atoms with van der Waals surface area (Å²) >= 11 is 0. The predicted molar refractivity (Wildman–Crippen MR) is 68.0 cm³/mol. The number of aliphatic carboxylic acids is 1. The van der Waals surface area contributed by atoms with Crippen LogP contribution >= 0.6 is 0 Å². The number of carbonyl (C=O) groups is 2. The van der Waals surface area contributed by atoms with Gasteiger partial charge in [0.15, 0.2) is 18.1 Å². The van der Waals surface area contributed by atoms with Crippen LogP contribution in [0.2, 0.25) is 0 Å². The first kappa shape index (κ1) is 14.8. The van der Waals surface area contributed by atoms with Gasteiger partial charge in [-0.1, -0.05) is 26.0 Å². The molecule has 1 aromatic carbocycles. The number of aromatic hydroxyl groups is 1. The zero-order valence-electron chi connectivity index (χ0n) is 10.8. The number of carbonyl (C=O) groups excluding carboxylic acids is 1. The van der Waals surface area contributed by atoms with E-state index < -0.39 is 17.9 Å². The zero-order valence-corrected chi connectivity index (χ0v) is 10.8. The quantitative estimate of drug-likeness (QED) is 0.714. The number of ether oxygens (including phenoxy) is 1. The first-order valence-corrected chi connectivity index (χ1v) is 5.84. The normalized spacial score (nSPS) is 11.9. The van der Waals surface area contributed by atoms with E-state index in [1.165, 1.54) is 12.1 Å². The van der Waals surface area contributed by atoms with E-state index in [-0.39, 0.29) is 24.0 Å². The van der Waals surface area contributed by atoms with Crippen molar-refractivity contribution in [3.05, 3.63) is 24.3 Å². The number of para-hydroxylation sites is 2. The van der Waals surface area contributed by atoms with Gasteiger partial charge in [0.05, 0.1) is 0 Å². The Morgan fingerprint density at radius 2 is 1.95 bits per heavy atom. The lowest BCUT2D eigenvalue weighted by Gasteiger charge is -2.18. The lowest BCUT2D eigenvalue weighted by molar-refractivity contribution is -0.143. The van der Waals surface area contributed by atoms with Crippen molar-refractivity contribution in [3.8, 4) is 11.5 Å². The average molecular weight is 267 g/mol. The molecule has 1 amide bonds. The Morgan fingerprint density at radius 3 is 2.47 bits per heavy atom. The molecule has 0 spiro atoms. The van der Waals surface area contributed by atoms with Crippen LogP contribution in [0.15, 0.2) is 24.3 Å². The molecule has 1 unspecified atom stereocenters. The molecule has 1 rings (SSSR count). The van der Waals surface area contributed by atoms with Gasteiger partial charge in [0, 0.05) is 0 Å². The van der Waals surface area contributed by atoms with Crippen molar-refractivity contribution >= 4 is 11.9 Å². The van der Waals surface area contributed by atoms with Crippen LogP contribution in [0, 0.1) is 5.92 Å². The van der Waals surface area contributed by atoms with Crippen LogP contribution in [0.3, 0.4) is 0 Å². The van der Waals surface area contributed by atoms with Crippen molar-refractivity contribution < 1.29 is 24.5 Å². The van der Waals surface area contributed by atoms with Crippen LogP contribution in [-0.4, -0.2) is 34.7 Å². The minimum absolute atomic E-state index is 0.0751. The summed E-state index contributed by atoms with van der Waals surface area (Å²) in [4.78, 5) is 22.5. The largest absolute Gasteiger partial charge is 0.504 e. The van der Waals surface area contributed by atoms with Crippen molar-refractivity contribution in [1.29, 1.82) is 0 Å². The van der Waals surface area contributed by atoms with Gasteiger partial charge in [-0.25, -0.2) is 4.79 Å². The fourth-order valence-electron chi connectivity index (χ4n) is 1.45. The summed E-state index contributed by atoms with van der Waals surface area (Å²) in [5.74, 6) is -1.77. The smallest absolute Gasteiger partial charge is 0.326 e. The van der Waals surface area contributed by atoms with Crippen LogP contribution in [-0.2, 0) is 9.59 Å². The SMILES string of the molecule is CC(C)C(NC(=O)COc1ccccc1O)C(=O)O. The summed E-state index contributed by atoms with van der Waals surface area (Å²) in [5.41, 5.74) is 0. The number of rotatable bonds is 6. The summed E-state index contributed by atoms with van der Waals surface area (Å²) in [6.07, 6.45) is 0. The van der Waals surface area contributed by atoms with E-state index in [0.29, 0.717) is 0 Å². The Hall–Kier alpha value is -2.24. The Balaban J connectivity index is 2.52. The Labute approximate surface area is 111 Å². The molecule has 19 heavy (non-hydrogen) atoms. The summed E-state index contributed by atoms with van der Waals surface area (Å²) in [7, 11) is 0. The second kappa shape index (κ2) is 6.63. The molecule has 6 nitrogen and oxygen atoms in total. The Morgan fingerprint density at radius 1 is 1.32 bits per heavy atom. The molecule has 0 aliphatic heterocycles. The molecular weight excluding hydrogens is 250 g/mol. The molecule has 0 aromatic heterocycles. The standard InChI is InChI=1S/C13H17NO5/c1-8(2)12(13(17)18)14-11(16)7-19-10-6-4-3-5-9(10)15/h3-6,8,12,15H,7H2,1-2H3,(H,14,16)(H,17,18). The number of hydrogen-bond donors (Lipinski definition) is 3. The van der Waals surface area contributed by atoms with Crippen LogP contribution in [0.1, 0.15) is 13.8 Å². The molecule has 0 aliphatic rings. The number of benzene rings is 1. The minimum atomic E-state index is -1.09. The minimum Gasteiger partial charge on any atom is -0.504 e. The molecular formula is C13H17NO5. The molecule has 3 N–H and O–H groups in total. The number of amides is 1. The van der Waals surface area contributed by atoms with E-state index in [9.17, 15) is 14.7 Å². The average Bonchev–Trinajstić information content (AvgIpc) is 2.34. The maximum absolute atomic E-state index is 11.6. The number of carboxylic acid groups (broad SMARTS) is 1. The molecule has 0 fully saturated rings. The molecule has 0 aliphatic carbocycles. The molecule has 104 valence electrons. The van der Waals surface area contributed by atoms with Crippen LogP contribution < -0.4 is 10.1 Å². The number of nitrogens with one attached hydrogen (secondary N) is 1. The summed E-state index contributed by atoms with van der Waals surface area (Å²) < 4.78 is 5.10. The molecule has 0 bridgehead atoms. The number of phenols is 1. The lowest BCUT2D eigenvalue weighted by Crippen LogP contribution is -2.46. The first-order chi connectivity index (χ1) is 8.91. The number of carboxylic acids is 1. The van der Waals surface area contributed by atoms with Gasteiger partial charge in [-0.05, 0) is 18.1 Å². The maximum Gasteiger partial charge on any atom is 0.326 e. The monoisotopic (exact) mass is 267 g/mol. The fraction of sp³-hybridized carbons (Fsp3) is 0.385. The number of phenolic OH excluding ortho intramolecular Hbond substituents is 1. The second-order valence-corrected chi connectivity index (χ2v) is 4.38. The van der Waals surface area contributed by atoms with Gasteiger partial charge in [-0.3, -0.25) is 4.79 Å². The van der Waals surface area contributed by atoms with Gasteiger partial charge < -0.3 is 20.3 Å². The molecule has 6 heteroatoms. The molecule has 1 aromatic rings. The van der Waals surface area contributed by atoms with Crippen molar-refractivity contribution in [2.75, 3.05) is 6.61 Å². The zero-order chi connectivity index (χ0) is 14.4. The van der Waals surface area contributed by atoms with Crippen molar-refractivity contribution in [1.82, 2.24) is 5.32 Å². The first-order valence-electron chi connectivity index (χ1n) is 5.84. The molecule has 1 atom stereocenters. The Bertz CT molecular complexity index is 458. The van der Waals surface area contributed by atoms with Crippen molar-refractivity contribution in [3.63, 3.8) is 0 Å². The number of hydrogen-bond acceptors (Lipinski definition) is 4. The topological polar surface area (TPSA) is 95.9 Å². The summed E-state index contributed by atoms with van der Waals surface area (Å²) in [6, 6.07) is 5.27. The second-order valence-electron chi connectivity index (χ2n) is 4.38. The highest BCUT2D eigenvalue weighted by Gasteiger charge is 2.23. The van der Waals surface area contributed by atoms with E-state index in [1.807, 2.05) is 0 Å². The summed E-state index contributed by atoms with van der Waals surface area (Å²) in [5, 5.41) is 20.7. The fourth-order valence-corrected chi connectivity index (χ4v) is 1.45. The van der Waals surface area contributed by atoms with Gasteiger partial charge in [-0.15, -0.1) is 0 Å². The van der Waals surface area contributed by atoms with E-state index in [0.717, 1.165) is 0 Å². The van der Waals surface area contributed by atoms with Crippen LogP contribution in [0.25, 0.3) is 0 Å². The molecule has 0 saturated carbocycles. The third-order valence-corrected chi connectivity index (χ3v) is 2.47. The van der Waals surface area contributed by atoms with E-state index >= 15 is 0 Å². The van der Waals surface area contributed by atoms with Gasteiger partial charge >= 0.3 is 5.97 Å². The predicted octanol–water partition coefficient (Wildman–Crippen LogP) is 0.996. The third kappa shape index (κ3) is 4.50. The van der Waals surface area contributed by atoms with Crippen molar-refractivity contribution in [2.24, 2.45) is 5.92 Å². The summed E-state index contributed by atoms with van der Waals surface area (Å²) in [6.45, 7) is 3.04. The van der Waals surface area contributed by atoms with Gasteiger partial charge in [0.25, 0.3) is 5.91 Å². The van der Waals surface area contributed by atoms with Crippen LogP contribution in [0.4, 0.5) is 0 Å². The lowest BCUT2D eigenvalue weighted by atomic mass is 10.1. The highest BCUT2D eigenvalue weighted by Crippen LogP contribution is 2.23. The van der Waals surface area contributed by atoms with Gasteiger partial charge in [0.2, 0.25) is 0 Å². The van der Waals surface area contributed by atoms with Gasteiger partial charge in [0.1, 0.15) is 6.04 Å². The maximum atomic E-state index is 11.6. The highest BCUT2D eigenvalue weighted by atomic mass is 16.5. The van der Waals surface area contributed by atoms with E-state index in [1.54, 1.807) is 26.0 Å². The van der Waals surface area contributed by atoms with E-state index in [2.05, 4.69) is 5.32 Å².